The molecule has 2 amide bonds. The fraction of sp³-hybridized carbons (Fsp3) is 0.231. The molecule has 0 saturated heterocycles. The van der Waals surface area contributed by atoms with Crippen LogP contribution in [0.5, 0.6) is 0 Å². The number of nitrogens with zero attached hydrogens (tertiary/aromatic N) is 3. The molecule has 2 heterocycles. The van der Waals surface area contributed by atoms with Crippen LogP contribution in [-0.4, -0.2) is 34.6 Å². The van der Waals surface area contributed by atoms with Gasteiger partial charge in [-0.25, -0.2) is 18.8 Å². The van der Waals surface area contributed by atoms with Gasteiger partial charge in [0.1, 0.15) is 5.71 Å². The van der Waals surface area contributed by atoms with Crippen LogP contribution in [0.15, 0.2) is 17.2 Å². The molecular formula is C13H10F2N4O2S. The second-order valence-corrected chi connectivity index (χ2v) is 5.70. The number of aromatic nitrogens is 1. The van der Waals surface area contributed by atoms with Crippen molar-refractivity contribution in [3.8, 4) is 0 Å². The molecule has 22 heavy (non-hydrogen) atoms. The van der Waals surface area contributed by atoms with Crippen molar-refractivity contribution < 1.29 is 18.4 Å². The number of rotatable bonds is 2. The highest BCUT2D eigenvalue weighted by Gasteiger charge is 2.22. The molecule has 0 spiro atoms. The molecule has 114 valence electrons. The molecule has 0 bridgehead atoms. The lowest BCUT2D eigenvalue weighted by Gasteiger charge is -2.18. The van der Waals surface area contributed by atoms with Crippen molar-refractivity contribution in [1.29, 1.82) is 0 Å². The van der Waals surface area contributed by atoms with E-state index in [2.05, 4.69) is 15.4 Å². The Morgan fingerprint density at radius 3 is 2.77 bits per heavy atom. The van der Waals surface area contributed by atoms with Gasteiger partial charge in [-0.1, -0.05) is 11.3 Å². The van der Waals surface area contributed by atoms with E-state index in [0.29, 0.717) is 4.70 Å². The predicted molar refractivity (Wildman–Crippen MR) is 77.6 cm³/mol. The van der Waals surface area contributed by atoms with Crippen molar-refractivity contribution in [2.45, 2.75) is 12.8 Å². The largest absolute Gasteiger partial charge is 0.297 e. The van der Waals surface area contributed by atoms with Crippen molar-refractivity contribution in [3.05, 3.63) is 23.8 Å². The normalized spacial score (nSPS) is 15.1. The van der Waals surface area contributed by atoms with E-state index < -0.39 is 17.5 Å². The molecule has 2 aromatic rings. The van der Waals surface area contributed by atoms with Crippen LogP contribution in [0.4, 0.5) is 13.9 Å². The highest BCUT2D eigenvalue weighted by Crippen LogP contribution is 2.28. The summed E-state index contributed by atoms with van der Waals surface area (Å²) in [5, 5.41) is 7.74. The van der Waals surface area contributed by atoms with Crippen LogP contribution < -0.4 is 5.32 Å². The lowest BCUT2D eigenvalue weighted by Crippen LogP contribution is -2.34. The molecule has 6 nitrogen and oxygen atoms in total. The topological polar surface area (TPSA) is 74.7 Å². The number of hydrogen-bond acceptors (Lipinski definition) is 5. The Hall–Kier alpha value is -2.42. The summed E-state index contributed by atoms with van der Waals surface area (Å²) in [5.41, 5.74) is 0.468. The third kappa shape index (κ3) is 2.67. The molecule has 0 radical (unpaired) electrons. The van der Waals surface area contributed by atoms with Crippen molar-refractivity contribution >= 4 is 44.2 Å². The lowest BCUT2D eigenvalue weighted by molar-refractivity contribution is -0.130. The molecule has 1 aromatic heterocycles. The van der Waals surface area contributed by atoms with Crippen molar-refractivity contribution in [2.24, 2.45) is 5.10 Å². The number of thiazole rings is 1. The van der Waals surface area contributed by atoms with Gasteiger partial charge in [0.2, 0.25) is 5.91 Å². The predicted octanol–water partition coefficient (Wildman–Crippen LogP) is 2.12. The van der Waals surface area contributed by atoms with Crippen LogP contribution in [-0.2, 0) is 9.59 Å². The third-order valence-electron chi connectivity index (χ3n) is 3.12. The van der Waals surface area contributed by atoms with Crippen LogP contribution in [0.1, 0.15) is 12.8 Å². The Labute approximate surface area is 127 Å². The van der Waals surface area contributed by atoms with E-state index in [9.17, 15) is 18.4 Å². The van der Waals surface area contributed by atoms with Crippen LogP contribution in [0, 0.1) is 11.6 Å². The number of amides is 2. The number of hydrogen-bond donors (Lipinski definition) is 1. The summed E-state index contributed by atoms with van der Waals surface area (Å²) in [5.74, 6) is -2.61. The van der Waals surface area contributed by atoms with E-state index in [0.717, 1.165) is 28.5 Å². The van der Waals surface area contributed by atoms with E-state index in [1.807, 2.05) is 0 Å². The smallest absolute Gasteiger partial charge is 0.273 e. The monoisotopic (exact) mass is 324 g/mol. The average molecular weight is 324 g/mol. The molecule has 9 heteroatoms. The Balaban J connectivity index is 1.82. The molecule has 0 atom stereocenters. The van der Waals surface area contributed by atoms with Gasteiger partial charge in [0.15, 0.2) is 16.8 Å². The Morgan fingerprint density at radius 2 is 2.05 bits per heavy atom. The number of fused-ring (bicyclic) bond motifs is 1. The number of carbonyl (C=O) groups excluding carboxylic acids is 2. The van der Waals surface area contributed by atoms with E-state index in [-0.39, 0.29) is 35.1 Å². The zero-order valence-electron chi connectivity index (χ0n) is 11.4. The Morgan fingerprint density at radius 1 is 1.32 bits per heavy atom. The van der Waals surface area contributed by atoms with Gasteiger partial charge >= 0.3 is 0 Å². The van der Waals surface area contributed by atoms with Crippen LogP contribution in [0.2, 0.25) is 0 Å². The van der Waals surface area contributed by atoms with Gasteiger partial charge in [0.25, 0.3) is 5.91 Å². The number of anilines is 1. The summed E-state index contributed by atoms with van der Waals surface area (Å²) in [7, 11) is 1.47. The first kappa shape index (κ1) is 14.5. The fourth-order valence-electron chi connectivity index (χ4n) is 1.98. The highest BCUT2D eigenvalue weighted by atomic mass is 32.1. The number of benzene rings is 1. The van der Waals surface area contributed by atoms with Crippen molar-refractivity contribution in [1.82, 2.24) is 9.99 Å². The Kier molecular flexibility index (Phi) is 3.57. The second-order valence-electron chi connectivity index (χ2n) is 4.67. The van der Waals surface area contributed by atoms with Gasteiger partial charge in [-0.2, -0.15) is 5.10 Å². The molecule has 3 rings (SSSR count). The molecule has 1 aromatic carbocycles. The number of halogens is 2. The molecule has 1 N–H and O–H groups in total. The number of hydrazone groups is 1. The third-order valence-corrected chi connectivity index (χ3v) is 4.05. The van der Waals surface area contributed by atoms with Gasteiger partial charge < -0.3 is 0 Å². The second kappa shape index (κ2) is 5.41. The molecular weight excluding hydrogens is 314 g/mol. The quantitative estimate of drug-likeness (QED) is 0.919. The highest BCUT2D eigenvalue weighted by molar-refractivity contribution is 7.22. The minimum Gasteiger partial charge on any atom is -0.297 e. The summed E-state index contributed by atoms with van der Waals surface area (Å²) in [4.78, 5) is 27.4. The molecule has 1 aliphatic heterocycles. The fourth-order valence-corrected chi connectivity index (χ4v) is 2.85. The van der Waals surface area contributed by atoms with Gasteiger partial charge in [0, 0.05) is 26.0 Å². The van der Waals surface area contributed by atoms with Gasteiger partial charge in [-0.3, -0.25) is 14.9 Å². The van der Waals surface area contributed by atoms with E-state index in [1.165, 1.54) is 7.05 Å². The van der Waals surface area contributed by atoms with Gasteiger partial charge in [-0.05, 0) is 6.07 Å². The van der Waals surface area contributed by atoms with Gasteiger partial charge in [-0.15, -0.1) is 0 Å². The maximum absolute atomic E-state index is 13.2. The van der Waals surface area contributed by atoms with Crippen molar-refractivity contribution in [3.63, 3.8) is 0 Å². The minimum atomic E-state index is -0.993. The molecule has 0 fully saturated rings. The van der Waals surface area contributed by atoms with Crippen LogP contribution >= 0.6 is 11.3 Å². The molecule has 1 aliphatic rings. The van der Waals surface area contributed by atoms with E-state index >= 15 is 0 Å². The average Bonchev–Trinajstić information content (AvgIpc) is 2.83. The zero-order valence-corrected chi connectivity index (χ0v) is 12.2. The number of carbonyl (C=O) groups is 2. The van der Waals surface area contributed by atoms with E-state index in [1.54, 1.807) is 0 Å². The standard InChI is InChI=1S/C13H10F2N4O2S/c1-19-11(20)3-2-8(18-19)12(21)17-13-16-9-4-6(14)7(15)5-10(9)22-13/h4-5H,2-3H2,1H3,(H,16,17,21). The summed E-state index contributed by atoms with van der Waals surface area (Å²) in [6.07, 6.45) is 0.447. The molecule has 0 saturated carbocycles. The summed E-state index contributed by atoms with van der Waals surface area (Å²) < 4.78 is 26.7. The van der Waals surface area contributed by atoms with Gasteiger partial charge in [0.05, 0.1) is 10.2 Å². The molecule has 0 unspecified atom stereocenters. The van der Waals surface area contributed by atoms with Crippen LogP contribution in [0.3, 0.4) is 0 Å². The minimum absolute atomic E-state index is 0.164. The summed E-state index contributed by atoms with van der Waals surface area (Å²) >= 11 is 1.03. The van der Waals surface area contributed by atoms with Crippen LogP contribution in [0.25, 0.3) is 10.2 Å². The maximum atomic E-state index is 13.2. The van der Waals surface area contributed by atoms with E-state index in [4.69, 9.17) is 0 Å². The number of nitrogens with one attached hydrogen (secondary N) is 1. The zero-order chi connectivity index (χ0) is 15.9. The molecule has 0 aliphatic carbocycles. The SMILES string of the molecule is CN1N=C(C(=O)Nc2nc3cc(F)c(F)cc3s2)CCC1=O. The Bertz CT molecular complexity index is 779. The van der Waals surface area contributed by atoms with Crippen molar-refractivity contribution in [2.75, 3.05) is 12.4 Å². The first-order valence-electron chi connectivity index (χ1n) is 6.35. The first-order chi connectivity index (χ1) is 10.4. The first-order valence-corrected chi connectivity index (χ1v) is 7.16. The summed E-state index contributed by atoms with van der Waals surface area (Å²) in [6, 6.07) is 2.00. The summed E-state index contributed by atoms with van der Waals surface area (Å²) in [6.45, 7) is 0. The maximum Gasteiger partial charge on any atom is 0.273 e. The lowest BCUT2D eigenvalue weighted by atomic mass is 10.1.